The number of sulfonamides is 1. The average Bonchev–Trinajstić information content (AvgIpc) is 3.19. The largest absolute Gasteiger partial charge is 0.352 e. The minimum absolute atomic E-state index is 0.0309. The van der Waals surface area contributed by atoms with Gasteiger partial charge in [-0.15, -0.1) is 0 Å². The van der Waals surface area contributed by atoms with Gasteiger partial charge in [0, 0.05) is 36.9 Å². The summed E-state index contributed by atoms with van der Waals surface area (Å²) >= 11 is 5.87. The van der Waals surface area contributed by atoms with Gasteiger partial charge >= 0.3 is 0 Å². The fraction of sp³-hybridized carbons (Fsp3) is 0.474. The molecule has 0 spiro atoms. The Bertz CT molecular complexity index is 925. The van der Waals surface area contributed by atoms with Crippen LogP contribution in [0.25, 0.3) is 0 Å². The fourth-order valence-electron chi connectivity index (χ4n) is 3.18. The van der Waals surface area contributed by atoms with Gasteiger partial charge in [0.15, 0.2) is 5.03 Å². The number of halogens is 1. The predicted octanol–water partition coefficient (Wildman–Crippen LogP) is 2.83. The first-order chi connectivity index (χ1) is 13.3. The molecule has 1 atom stereocenters. The van der Waals surface area contributed by atoms with Crippen molar-refractivity contribution in [2.45, 2.75) is 44.3 Å². The molecule has 2 heterocycles. The molecule has 1 N–H and O–H groups in total. The monoisotopic (exact) mass is 424 g/mol. The number of piperidine rings is 1. The van der Waals surface area contributed by atoms with Crippen molar-refractivity contribution in [3.05, 3.63) is 47.4 Å². The Morgan fingerprint density at radius 2 is 2.04 bits per heavy atom. The number of rotatable bonds is 6. The molecule has 1 aliphatic rings. The number of carbonyl (C=O) groups excluding carboxylic acids is 1. The Morgan fingerprint density at radius 3 is 2.68 bits per heavy atom. The summed E-state index contributed by atoms with van der Waals surface area (Å²) in [6.45, 7) is 4.87. The number of nitrogens with one attached hydrogen (secondary N) is 1. The summed E-state index contributed by atoms with van der Waals surface area (Å²) in [5.74, 6) is -0.509. The van der Waals surface area contributed by atoms with Gasteiger partial charge in [-0.1, -0.05) is 23.7 Å². The van der Waals surface area contributed by atoms with E-state index in [0.29, 0.717) is 31.0 Å². The van der Waals surface area contributed by atoms with Gasteiger partial charge in [-0.2, -0.15) is 4.31 Å². The minimum atomic E-state index is -3.71. The number of nitrogens with zero attached hydrogens (tertiary/aromatic N) is 3. The van der Waals surface area contributed by atoms with Crippen LogP contribution in [0.3, 0.4) is 0 Å². The number of imidazole rings is 1. The molecule has 1 fully saturated rings. The summed E-state index contributed by atoms with van der Waals surface area (Å²) in [6.07, 6.45) is 4.38. The minimum Gasteiger partial charge on any atom is -0.352 e. The molecule has 7 nitrogen and oxygen atoms in total. The highest BCUT2D eigenvalue weighted by Crippen LogP contribution is 2.24. The zero-order valence-electron chi connectivity index (χ0n) is 16.0. The quantitative estimate of drug-likeness (QED) is 0.772. The molecule has 0 aliphatic carbocycles. The third-order valence-electron chi connectivity index (χ3n) is 4.91. The van der Waals surface area contributed by atoms with Crippen LogP contribution in [0.15, 0.2) is 41.8 Å². The summed E-state index contributed by atoms with van der Waals surface area (Å²) in [6, 6.07) is 7.38. The molecule has 0 saturated carbocycles. The Hall–Kier alpha value is -1.90. The van der Waals surface area contributed by atoms with Gasteiger partial charge in [-0.05, 0) is 44.4 Å². The van der Waals surface area contributed by atoms with Crippen LogP contribution in [-0.2, 0) is 21.4 Å². The average molecular weight is 425 g/mol. The highest BCUT2D eigenvalue weighted by molar-refractivity contribution is 7.89. The van der Waals surface area contributed by atoms with E-state index < -0.39 is 10.0 Å². The van der Waals surface area contributed by atoms with Crippen molar-refractivity contribution in [1.29, 1.82) is 0 Å². The Balaban J connectivity index is 1.63. The zero-order chi connectivity index (χ0) is 20.3. The van der Waals surface area contributed by atoms with Crippen molar-refractivity contribution >= 4 is 27.5 Å². The lowest BCUT2D eigenvalue weighted by Crippen LogP contribution is -2.45. The first kappa shape index (κ1) is 20.8. The van der Waals surface area contributed by atoms with E-state index in [1.54, 1.807) is 22.9 Å². The topological polar surface area (TPSA) is 84.3 Å². The second-order valence-electron chi connectivity index (χ2n) is 7.30. The normalized spacial score (nSPS) is 18.4. The number of carbonyl (C=O) groups is 1. The highest BCUT2D eigenvalue weighted by Gasteiger charge is 2.34. The van der Waals surface area contributed by atoms with Crippen molar-refractivity contribution in [3.63, 3.8) is 0 Å². The lowest BCUT2D eigenvalue weighted by molar-refractivity contribution is -0.126. The third-order valence-corrected chi connectivity index (χ3v) is 6.92. The van der Waals surface area contributed by atoms with Crippen molar-refractivity contribution in [3.8, 4) is 0 Å². The number of hydrogen-bond acceptors (Lipinski definition) is 4. The first-order valence-corrected chi connectivity index (χ1v) is 11.1. The van der Waals surface area contributed by atoms with Gasteiger partial charge in [0.25, 0.3) is 10.0 Å². The van der Waals surface area contributed by atoms with E-state index in [4.69, 9.17) is 11.6 Å². The van der Waals surface area contributed by atoms with Crippen LogP contribution in [0.4, 0.5) is 0 Å². The summed E-state index contributed by atoms with van der Waals surface area (Å²) in [5, 5.41) is 3.57. The molecule has 1 amide bonds. The van der Waals surface area contributed by atoms with Gasteiger partial charge in [0.2, 0.25) is 5.91 Å². The SMILES string of the molecule is CC(C)n1cnc(S(=O)(=O)N2CCCC(C(=O)NCc3ccc(Cl)cc3)C2)c1. The molecule has 152 valence electrons. The molecule has 28 heavy (non-hydrogen) atoms. The Morgan fingerprint density at radius 1 is 1.32 bits per heavy atom. The maximum Gasteiger partial charge on any atom is 0.262 e. The molecule has 1 aromatic heterocycles. The van der Waals surface area contributed by atoms with E-state index in [2.05, 4.69) is 10.3 Å². The third kappa shape index (κ3) is 4.74. The van der Waals surface area contributed by atoms with Crippen LogP contribution in [0, 0.1) is 5.92 Å². The Kier molecular flexibility index (Phi) is 6.42. The molecule has 0 bridgehead atoms. The van der Waals surface area contributed by atoms with E-state index in [9.17, 15) is 13.2 Å². The van der Waals surface area contributed by atoms with Crippen molar-refractivity contribution < 1.29 is 13.2 Å². The summed E-state index contributed by atoms with van der Waals surface area (Å²) in [7, 11) is -3.71. The summed E-state index contributed by atoms with van der Waals surface area (Å²) in [4.78, 5) is 16.6. The molecular formula is C19H25ClN4O3S. The predicted molar refractivity (Wildman–Crippen MR) is 107 cm³/mol. The van der Waals surface area contributed by atoms with Crippen molar-refractivity contribution in [2.75, 3.05) is 13.1 Å². The lowest BCUT2D eigenvalue weighted by Gasteiger charge is -2.30. The molecule has 3 rings (SSSR count). The fourth-order valence-corrected chi connectivity index (χ4v) is 4.75. The summed E-state index contributed by atoms with van der Waals surface area (Å²) in [5.41, 5.74) is 0.942. The highest BCUT2D eigenvalue weighted by atomic mass is 35.5. The first-order valence-electron chi connectivity index (χ1n) is 9.33. The maximum atomic E-state index is 12.9. The Labute approximate surface area is 170 Å². The van der Waals surface area contributed by atoms with Crippen molar-refractivity contribution in [1.82, 2.24) is 19.2 Å². The molecule has 9 heteroatoms. The zero-order valence-corrected chi connectivity index (χ0v) is 17.6. The van der Waals surface area contributed by atoms with Gasteiger partial charge in [0.05, 0.1) is 12.2 Å². The maximum absolute atomic E-state index is 12.9. The number of aromatic nitrogens is 2. The van der Waals surface area contributed by atoms with Gasteiger partial charge in [-0.25, -0.2) is 13.4 Å². The molecule has 1 saturated heterocycles. The standard InChI is InChI=1S/C19H25ClN4O3S/c1-14(2)23-12-18(22-13-23)28(26,27)24-9-3-4-16(11-24)19(25)21-10-15-5-7-17(20)8-6-15/h5-8,12-14,16H,3-4,9-11H2,1-2H3,(H,21,25). The van der Waals surface area contributed by atoms with Crippen LogP contribution < -0.4 is 5.32 Å². The number of benzene rings is 1. The lowest BCUT2D eigenvalue weighted by atomic mass is 9.99. The second kappa shape index (κ2) is 8.63. The van der Waals surface area contributed by atoms with Crippen LogP contribution in [0.1, 0.15) is 38.3 Å². The second-order valence-corrected chi connectivity index (χ2v) is 9.62. The van der Waals surface area contributed by atoms with Crippen LogP contribution in [0.5, 0.6) is 0 Å². The van der Waals surface area contributed by atoms with E-state index in [0.717, 1.165) is 5.56 Å². The molecule has 1 aliphatic heterocycles. The molecule has 2 aromatic rings. The molecule has 0 radical (unpaired) electrons. The number of amides is 1. The molecular weight excluding hydrogens is 400 g/mol. The van der Waals surface area contributed by atoms with Gasteiger partial charge < -0.3 is 9.88 Å². The van der Waals surface area contributed by atoms with Crippen LogP contribution in [0.2, 0.25) is 5.02 Å². The van der Waals surface area contributed by atoms with E-state index in [1.807, 2.05) is 26.0 Å². The van der Waals surface area contributed by atoms with Gasteiger partial charge in [-0.3, -0.25) is 4.79 Å². The van der Waals surface area contributed by atoms with Crippen molar-refractivity contribution in [2.24, 2.45) is 5.92 Å². The smallest absolute Gasteiger partial charge is 0.262 e. The number of hydrogen-bond donors (Lipinski definition) is 1. The van der Waals surface area contributed by atoms with Gasteiger partial charge in [0.1, 0.15) is 0 Å². The summed E-state index contributed by atoms with van der Waals surface area (Å²) < 4.78 is 28.9. The van der Waals surface area contributed by atoms with E-state index in [-0.39, 0.29) is 29.4 Å². The van der Waals surface area contributed by atoms with Crippen LogP contribution >= 0.6 is 11.6 Å². The van der Waals surface area contributed by atoms with E-state index >= 15 is 0 Å². The molecule has 1 unspecified atom stereocenters. The molecule has 1 aromatic carbocycles. The van der Waals surface area contributed by atoms with Crippen LogP contribution in [-0.4, -0.2) is 41.3 Å². The van der Waals surface area contributed by atoms with E-state index in [1.165, 1.54) is 10.6 Å².